The SMILES string of the molecule is CC1CCC(N(C)Cc2cccc(N)n2)CC1. The average molecular weight is 233 g/mol. The van der Waals surface area contributed by atoms with Crippen molar-refractivity contribution < 1.29 is 0 Å². The maximum atomic E-state index is 5.70. The van der Waals surface area contributed by atoms with E-state index in [2.05, 4.69) is 29.9 Å². The molecule has 0 unspecified atom stereocenters. The summed E-state index contributed by atoms with van der Waals surface area (Å²) in [6.45, 7) is 3.26. The molecule has 3 heteroatoms. The highest BCUT2D eigenvalue weighted by Crippen LogP contribution is 2.27. The van der Waals surface area contributed by atoms with Crippen LogP contribution in [0, 0.1) is 5.92 Å². The number of nitrogens with zero attached hydrogens (tertiary/aromatic N) is 2. The normalized spacial score (nSPS) is 25.1. The molecule has 0 bridgehead atoms. The van der Waals surface area contributed by atoms with Crippen molar-refractivity contribution in [3.05, 3.63) is 23.9 Å². The van der Waals surface area contributed by atoms with Crippen LogP contribution in [0.25, 0.3) is 0 Å². The van der Waals surface area contributed by atoms with Gasteiger partial charge in [-0.05, 0) is 50.8 Å². The Morgan fingerprint density at radius 3 is 2.65 bits per heavy atom. The molecule has 17 heavy (non-hydrogen) atoms. The number of nitrogens with two attached hydrogens (primary N) is 1. The van der Waals surface area contributed by atoms with Crippen LogP contribution in [-0.2, 0) is 6.54 Å². The van der Waals surface area contributed by atoms with E-state index in [-0.39, 0.29) is 0 Å². The van der Waals surface area contributed by atoms with Crippen LogP contribution in [0.15, 0.2) is 18.2 Å². The minimum Gasteiger partial charge on any atom is -0.384 e. The molecule has 0 atom stereocenters. The van der Waals surface area contributed by atoms with Gasteiger partial charge in [0.2, 0.25) is 0 Å². The maximum Gasteiger partial charge on any atom is 0.123 e. The van der Waals surface area contributed by atoms with Crippen molar-refractivity contribution in [2.45, 2.75) is 45.2 Å². The lowest BCUT2D eigenvalue weighted by molar-refractivity contribution is 0.162. The quantitative estimate of drug-likeness (QED) is 0.872. The number of hydrogen-bond acceptors (Lipinski definition) is 3. The summed E-state index contributed by atoms with van der Waals surface area (Å²) in [5.41, 5.74) is 6.78. The first-order chi connectivity index (χ1) is 8.15. The molecule has 94 valence electrons. The summed E-state index contributed by atoms with van der Waals surface area (Å²) in [6, 6.07) is 6.59. The minimum absolute atomic E-state index is 0.619. The summed E-state index contributed by atoms with van der Waals surface area (Å²) in [6.07, 6.45) is 5.36. The van der Waals surface area contributed by atoms with E-state index in [9.17, 15) is 0 Å². The molecule has 1 aromatic rings. The molecule has 1 aromatic heterocycles. The molecule has 1 aliphatic carbocycles. The topological polar surface area (TPSA) is 42.1 Å². The van der Waals surface area contributed by atoms with Gasteiger partial charge in [-0.25, -0.2) is 4.98 Å². The van der Waals surface area contributed by atoms with Crippen molar-refractivity contribution in [1.29, 1.82) is 0 Å². The average Bonchev–Trinajstić information content (AvgIpc) is 2.29. The van der Waals surface area contributed by atoms with Gasteiger partial charge in [0.15, 0.2) is 0 Å². The third-order valence-electron chi connectivity index (χ3n) is 3.85. The molecule has 2 N–H and O–H groups in total. The van der Waals surface area contributed by atoms with E-state index >= 15 is 0 Å². The Bertz CT molecular complexity index is 356. The zero-order chi connectivity index (χ0) is 12.3. The van der Waals surface area contributed by atoms with Crippen molar-refractivity contribution in [1.82, 2.24) is 9.88 Å². The molecule has 0 saturated heterocycles. The first-order valence-electron chi connectivity index (χ1n) is 6.57. The van der Waals surface area contributed by atoms with Gasteiger partial charge in [-0.15, -0.1) is 0 Å². The molecular formula is C14H23N3. The van der Waals surface area contributed by atoms with Gasteiger partial charge in [0, 0.05) is 12.6 Å². The number of pyridine rings is 1. The molecule has 0 radical (unpaired) electrons. The summed E-state index contributed by atoms with van der Waals surface area (Å²) in [7, 11) is 2.20. The van der Waals surface area contributed by atoms with Crippen molar-refractivity contribution in [2.75, 3.05) is 12.8 Å². The van der Waals surface area contributed by atoms with Crippen LogP contribution in [0.5, 0.6) is 0 Å². The Balaban J connectivity index is 1.90. The molecule has 0 spiro atoms. The number of rotatable bonds is 3. The molecule has 1 fully saturated rings. The zero-order valence-corrected chi connectivity index (χ0v) is 10.9. The fourth-order valence-electron chi connectivity index (χ4n) is 2.65. The van der Waals surface area contributed by atoms with Crippen LogP contribution in [-0.4, -0.2) is 23.0 Å². The molecule has 0 aliphatic heterocycles. The smallest absolute Gasteiger partial charge is 0.123 e. The molecule has 1 aliphatic rings. The maximum absolute atomic E-state index is 5.70. The number of hydrogen-bond donors (Lipinski definition) is 1. The van der Waals surface area contributed by atoms with E-state index < -0.39 is 0 Å². The van der Waals surface area contributed by atoms with Crippen molar-refractivity contribution in [3.63, 3.8) is 0 Å². The lowest BCUT2D eigenvalue weighted by atomic mass is 9.87. The Hall–Kier alpha value is -1.09. The standard InChI is InChI=1S/C14H23N3/c1-11-6-8-13(9-7-11)17(2)10-12-4-3-5-14(15)16-12/h3-5,11,13H,6-10H2,1-2H3,(H2,15,16). The van der Waals surface area contributed by atoms with Crippen LogP contribution in [0.4, 0.5) is 5.82 Å². The van der Waals surface area contributed by atoms with Gasteiger partial charge in [-0.1, -0.05) is 13.0 Å². The second-order valence-corrected chi connectivity index (χ2v) is 5.38. The fourth-order valence-corrected chi connectivity index (χ4v) is 2.65. The summed E-state index contributed by atoms with van der Waals surface area (Å²) in [5.74, 6) is 1.53. The third kappa shape index (κ3) is 3.43. The Morgan fingerprint density at radius 1 is 1.29 bits per heavy atom. The van der Waals surface area contributed by atoms with Crippen molar-refractivity contribution in [2.24, 2.45) is 5.92 Å². The third-order valence-corrected chi connectivity index (χ3v) is 3.85. The Labute approximate surface area is 104 Å². The molecule has 2 rings (SSSR count). The summed E-state index contributed by atoms with van der Waals surface area (Å²) < 4.78 is 0. The van der Waals surface area contributed by atoms with Crippen LogP contribution < -0.4 is 5.73 Å². The first kappa shape index (κ1) is 12.4. The second kappa shape index (κ2) is 5.50. The van der Waals surface area contributed by atoms with Crippen LogP contribution >= 0.6 is 0 Å². The van der Waals surface area contributed by atoms with E-state index in [0.717, 1.165) is 24.2 Å². The highest BCUT2D eigenvalue weighted by atomic mass is 15.1. The van der Waals surface area contributed by atoms with Gasteiger partial charge in [0.1, 0.15) is 5.82 Å². The number of nitrogen functional groups attached to an aromatic ring is 1. The van der Waals surface area contributed by atoms with Gasteiger partial charge in [0.25, 0.3) is 0 Å². The van der Waals surface area contributed by atoms with Gasteiger partial charge in [0.05, 0.1) is 5.69 Å². The highest BCUT2D eigenvalue weighted by molar-refractivity contribution is 5.28. The van der Waals surface area contributed by atoms with Gasteiger partial charge in [-0.2, -0.15) is 0 Å². The van der Waals surface area contributed by atoms with E-state index in [0.29, 0.717) is 5.82 Å². The van der Waals surface area contributed by atoms with Crippen LogP contribution in [0.3, 0.4) is 0 Å². The summed E-state index contributed by atoms with van der Waals surface area (Å²) >= 11 is 0. The van der Waals surface area contributed by atoms with E-state index in [1.165, 1.54) is 25.7 Å². The predicted molar refractivity (Wildman–Crippen MR) is 71.5 cm³/mol. The largest absolute Gasteiger partial charge is 0.384 e. The lowest BCUT2D eigenvalue weighted by Crippen LogP contribution is -2.34. The van der Waals surface area contributed by atoms with Crippen molar-refractivity contribution >= 4 is 5.82 Å². The van der Waals surface area contributed by atoms with Crippen molar-refractivity contribution in [3.8, 4) is 0 Å². The fraction of sp³-hybridized carbons (Fsp3) is 0.643. The van der Waals surface area contributed by atoms with Gasteiger partial charge < -0.3 is 5.73 Å². The minimum atomic E-state index is 0.619. The molecule has 1 saturated carbocycles. The first-order valence-corrected chi connectivity index (χ1v) is 6.57. The molecule has 3 nitrogen and oxygen atoms in total. The molecule has 0 amide bonds. The molecular weight excluding hydrogens is 210 g/mol. The summed E-state index contributed by atoms with van der Waals surface area (Å²) in [5, 5.41) is 0. The summed E-state index contributed by atoms with van der Waals surface area (Å²) in [4.78, 5) is 6.78. The van der Waals surface area contributed by atoms with E-state index in [1.54, 1.807) is 0 Å². The highest BCUT2D eigenvalue weighted by Gasteiger charge is 2.21. The number of anilines is 1. The van der Waals surface area contributed by atoms with Crippen LogP contribution in [0.1, 0.15) is 38.3 Å². The van der Waals surface area contributed by atoms with E-state index in [4.69, 9.17) is 5.73 Å². The van der Waals surface area contributed by atoms with Gasteiger partial charge in [-0.3, -0.25) is 4.90 Å². The molecule has 1 heterocycles. The molecule has 0 aromatic carbocycles. The van der Waals surface area contributed by atoms with E-state index in [1.807, 2.05) is 12.1 Å². The Morgan fingerprint density at radius 2 is 2.00 bits per heavy atom. The lowest BCUT2D eigenvalue weighted by Gasteiger charge is -2.33. The zero-order valence-electron chi connectivity index (χ0n) is 10.9. The monoisotopic (exact) mass is 233 g/mol. The number of aromatic nitrogens is 1. The predicted octanol–water partition coefficient (Wildman–Crippen LogP) is 2.67. The van der Waals surface area contributed by atoms with Crippen LogP contribution in [0.2, 0.25) is 0 Å². The second-order valence-electron chi connectivity index (χ2n) is 5.38. The van der Waals surface area contributed by atoms with Gasteiger partial charge >= 0.3 is 0 Å². The Kier molecular flexibility index (Phi) is 4.00.